The number of morpholine rings is 1. The molecular formula is C15H25N5O3. The van der Waals surface area contributed by atoms with Crippen LogP contribution in [0.5, 0.6) is 0 Å². The Morgan fingerprint density at radius 1 is 1.57 bits per heavy atom. The molecular weight excluding hydrogens is 298 g/mol. The van der Waals surface area contributed by atoms with Crippen molar-refractivity contribution in [1.82, 2.24) is 14.7 Å². The summed E-state index contributed by atoms with van der Waals surface area (Å²) in [5, 5.41) is 4.13. The van der Waals surface area contributed by atoms with Crippen molar-refractivity contribution >= 4 is 11.6 Å². The zero-order valence-electron chi connectivity index (χ0n) is 13.8. The summed E-state index contributed by atoms with van der Waals surface area (Å²) in [6.45, 7) is 5.03. The molecule has 1 atom stereocenters. The van der Waals surface area contributed by atoms with Gasteiger partial charge in [-0.2, -0.15) is 5.10 Å². The van der Waals surface area contributed by atoms with E-state index in [-0.39, 0.29) is 24.1 Å². The summed E-state index contributed by atoms with van der Waals surface area (Å²) in [5.74, 6) is -0.135. The SMILES string of the molecule is CCN(C)C(=O)Cn1ncc(N2CCOC(CCN)C2)cc1=O. The van der Waals surface area contributed by atoms with E-state index >= 15 is 0 Å². The number of hydrogen-bond acceptors (Lipinski definition) is 6. The fourth-order valence-electron chi connectivity index (χ4n) is 2.46. The quantitative estimate of drug-likeness (QED) is 0.742. The van der Waals surface area contributed by atoms with Gasteiger partial charge in [0.15, 0.2) is 0 Å². The van der Waals surface area contributed by atoms with E-state index in [0.29, 0.717) is 32.8 Å². The van der Waals surface area contributed by atoms with Gasteiger partial charge in [-0.1, -0.05) is 0 Å². The monoisotopic (exact) mass is 323 g/mol. The van der Waals surface area contributed by atoms with Crippen LogP contribution in [0.25, 0.3) is 0 Å². The summed E-state index contributed by atoms with van der Waals surface area (Å²) < 4.78 is 6.83. The second kappa shape index (κ2) is 8.07. The molecule has 1 aliphatic rings. The van der Waals surface area contributed by atoms with Crippen LogP contribution >= 0.6 is 0 Å². The Hall–Kier alpha value is -1.93. The smallest absolute Gasteiger partial charge is 0.269 e. The number of hydrogen-bond donors (Lipinski definition) is 1. The standard InChI is InChI=1S/C15H25N5O3/c1-3-18(2)15(22)11-20-14(21)8-12(9-17-20)19-6-7-23-13(10-19)4-5-16/h8-9,13H,3-7,10-11,16H2,1-2H3. The van der Waals surface area contributed by atoms with Gasteiger partial charge in [-0.3, -0.25) is 9.59 Å². The first kappa shape index (κ1) is 17.4. The molecule has 2 N–H and O–H groups in total. The van der Waals surface area contributed by atoms with Gasteiger partial charge in [0.1, 0.15) is 6.54 Å². The van der Waals surface area contributed by atoms with E-state index in [2.05, 4.69) is 10.00 Å². The highest BCUT2D eigenvalue weighted by Crippen LogP contribution is 2.16. The fourth-order valence-corrected chi connectivity index (χ4v) is 2.46. The van der Waals surface area contributed by atoms with Crippen molar-refractivity contribution in [3.8, 4) is 0 Å². The number of rotatable bonds is 6. The molecule has 0 aromatic carbocycles. The highest BCUT2D eigenvalue weighted by molar-refractivity contribution is 5.75. The molecule has 8 heteroatoms. The minimum Gasteiger partial charge on any atom is -0.374 e. The zero-order valence-corrected chi connectivity index (χ0v) is 13.8. The Kier molecular flexibility index (Phi) is 6.12. The van der Waals surface area contributed by atoms with Gasteiger partial charge in [0, 0.05) is 32.7 Å². The van der Waals surface area contributed by atoms with Crippen LogP contribution in [0.1, 0.15) is 13.3 Å². The highest BCUT2D eigenvalue weighted by Gasteiger charge is 2.21. The summed E-state index contributed by atoms with van der Waals surface area (Å²) in [5.41, 5.74) is 6.05. The van der Waals surface area contributed by atoms with Crippen molar-refractivity contribution in [1.29, 1.82) is 0 Å². The van der Waals surface area contributed by atoms with Crippen molar-refractivity contribution in [2.24, 2.45) is 5.73 Å². The van der Waals surface area contributed by atoms with Crippen molar-refractivity contribution in [3.63, 3.8) is 0 Å². The molecule has 1 aromatic heterocycles. The third-order valence-electron chi connectivity index (χ3n) is 4.03. The van der Waals surface area contributed by atoms with Crippen molar-refractivity contribution in [2.45, 2.75) is 26.0 Å². The molecule has 0 radical (unpaired) electrons. The lowest BCUT2D eigenvalue weighted by Crippen LogP contribution is -2.44. The van der Waals surface area contributed by atoms with E-state index in [9.17, 15) is 9.59 Å². The predicted octanol–water partition coefficient (Wildman–Crippen LogP) is -0.724. The Labute approximate surface area is 135 Å². The molecule has 0 bridgehead atoms. The average Bonchev–Trinajstić information content (AvgIpc) is 2.56. The van der Waals surface area contributed by atoms with Gasteiger partial charge >= 0.3 is 0 Å². The molecule has 1 amide bonds. The third-order valence-corrected chi connectivity index (χ3v) is 4.03. The number of amides is 1. The first-order valence-corrected chi connectivity index (χ1v) is 7.93. The first-order valence-electron chi connectivity index (χ1n) is 7.93. The molecule has 1 aliphatic heterocycles. The van der Waals surface area contributed by atoms with Gasteiger partial charge in [-0.25, -0.2) is 4.68 Å². The molecule has 0 saturated carbocycles. The van der Waals surface area contributed by atoms with E-state index < -0.39 is 0 Å². The summed E-state index contributed by atoms with van der Waals surface area (Å²) in [6.07, 6.45) is 2.50. The molecule has 1 saturated heterocycles. The van der Waals surface area contributed by atoms with Crippen LogP contribution in [0, 0.1) is 0 Å². The maximum absolute atomic E-state index is 12.2. The average molecular weight is 323 g/mol. The number of ether oxygens (including phenoxy) is 1. The lowest BCUT2D eigenvalue weighted by Gasteiger charge is -2.34. The summed E-state index contributed by atoms with van der Waals surface area (Å²) in [6, 6.07) is 1.52. The van der Waals surface area contributed by atoms with Crippen molar-refractivity contribution in [3.05, 3.63) is 22.6 Å². The molecule has 1 fully saturated rings. The minimum absolute atomic E-state index is 0.0393. The van der Waals surface area contributed by atoms with Crippen molar-refractivity contribution in [2.75, 3.05) is 44.7 Å². The Morgan fingerprint density at radius 2 is 2.35 bits per heavy atom. The van der Waals surface area contributed by atoms with Crippen LogP contribution in [0.4, 0.5) is 5.69 Å². The van der Waals surface area contributed by atoms with E-state index in [1.165, 1.54) is 10.7 Å². The fraction of sp³-hybridized carbons (Fsp3) is 0.667. The molecule has 1 unspecified atom stereocenters. The number of nitrogens with two attached hydrogens (primary N) is 1. The number of anilines is 1. The maximum Gasteiger partial charge on any atom is 0.269 e. The molecule has 2 rings (SSSR count). The molecule has 23 heavy (non-hydrogen) atoms. The normalized spacial score (nSPS) is 18.0. The largest absolute Gasteiger partial charge is 0.374 e. The molecule has 0 aliphatic carbocycles. The third kappa shape index (κ3) is 4.52. The van der Waals surface area contributed by atoms with Crippen LogP contribution in [-0.2, 0) is 16.1 Å². The summed E-state index contributed by atoms with van der Waals surface area (Å²) in [4.78, 5) is 27.7. The van der Waals surface area contributed by atoms with Gasteiger partial charge in [-0.05, 0) is 19.9 Å². The van der Waals surface area contributed by atoms with Gasteiger partial charge in [0.2, 0.25) is 5.91 Å². The molecule has 1 aromatic rings. The Bertz CT molecular complexity index is 587. The zero-order chi connectivity index (χ0) is 16.8. The molecule has 128 valence electrons. The van der Waals surface area contributed by atoms with Gasteiger partial charge in [0.05, 0.1) is 24.6 Å². The topological polar surface area (TPSA) is 93.7 Å². The lowest BCUT2D eigenvalue weighted by atomic mass is 10.2. The lowest BCUT2D eigenvalue weighted by molar-refractivity contribution is -0.130. The second-order valence-electron chi connectivity index (χ2n) is 5.63. The van der Waals surface area contributed by atoms with E-state index in [4.69, 9.17) is 10.5 Å². The van der Waals surface area contributed by atoms with Crippen LogP contribution in [0.2, 0.25) is 0 Å². The number of likely N-dealkylation sites (N-methyl/N-ethyl adjacent to an activating group) is 1. The maximum atomic E-state index is 12.2. The minimum atomic E-state index is -0.276. The highest BCUT2D eigenvalue weighted by atomic mass is 16.5. The second-order valence-corrected chi connectivity index (χ2v) is 5.63. The Morgan fingerprint density at radius 3 is 3.00 bits per heavy atom. The van der Waals surface area contributed by atoms with Gasteiger partial charge in [-0.15, -0.1) is 0 Å². The van der Waals surface area contributed by atoms with Gasteiger partial charge < -0.3 is 20.3 Å². The number of carbonyl (C=O) groups is 1. The van der Waals surface area contributed by atoms with Crippen LogP contribution in [-0.4, -0.2) is 66.5 Å². The number of aromatic nitrogens is 2. The van der Waals surface area contributed by atoms with E-state index in [1.807, 2.05) is 6.92 Å². The van der Waals surface area contributed by atoms with Gasteiger partial charge in [0.25, 0.3) is 5.56 Å². The molecule has 2 heterocycles. The van der Waals surface area contributed by atoms with E-state index in [0.717, 1.165) is 12.1 Å². The Balaban J connectivity index is 2.07. The van der Waals surface area contributed by atoms with E-state index in [1.54, 1.807) is 18.1 Å². The predicted molar refractivity (Wildman–Crippen MR) is 87.4 cm³/mol. The van der Waals surface area contributed by atoms with Crippen molar-refractivity contribution < 1.29 is 9.53 Å². The van der Waals surface area contributed by atoms with Crippen LogP contribution < -0.4 is 16.2 Å². The first-order chi connectivity index (χ1) is 11.0. The van der Waals surface area contributed by atoms with Crippen LogP contribution in [0.3, 0.4) is 0 Å². The number of nitrogens with zero attached hydrogens (tertiary/aromatic N) is 4. The summed E-state index contributed by atoms with van der Waals surface area (Å²) >= 11 is 0. The number of carbonyl (C=O) groups excluding carboxylic acids is 1. The van der Waals surface area contributed by atoms with Crippen LogP contribution in [0.15, 0.2) is 17.1 Å². The molecule has 8 nitrogen and oxygen atoms in total. The summed E-state index contributed by atoms with van der Waals surface area (Å²) in [7, 11) is 1.70. The molecule has 0 spiro atoms.